The van der Waals surface area contributed by atoms with Gasteiger partial charge < -0.3 is 9.80 Å². The fourth-order valence-corrected chi connectivity index (χ4v) is 5.39. The number of aromatic nitrogens is 1. The van der Waals surface area contributed by atoms with E-state index in [1.54, 1.807) is 12.3 Å². The van der Waals surface area contributed by atoms with Crippen LogP contribution in [0.25, 0.3) is 22.4 Å². The number of benzene rings is 5. The molecule has 188 valence electrons. The van der Waals surface area contributed by atoms with E-state index in [1.165, 1.54) is 0 Å². The molecule has 2 heterocycles. The Labute approximate surface area is 233 Å². The molecule has 0 bridgehead atoms. The molecule has 1 aliphatic heterocycles. The van der Waals surface area contributed by atoms with E-state index in [-0.39, 0.29) is 0 Å². The predicted molar refractivity (Wildman–Crippen MR) is 163 cm³/mol. The highest BCUT2D eigenvalue weighted by molar-refractivity contribution is 6.01. The van der Waals surface area contributed by atoms with Crippen molar-refractivity contribution in [2.45, 2.75) is 0 Å². The molecule has 0 aliphatic carbocycles. The van der Waals surface area contributed by atoms with Crippen molar-refractivity contribution in [2.75, 3.05) is 9.80 Å². The van der Waals surface area contributed by atoms with Gasteiger partial charge in [-0.2, -0.15) is 5.26 Å². The summed E-state index contributed by atoms with van der Waals surface area (Å²) in [5.74, 6) is 0. The van der Waals surface area contributed by atoms with E-state index in [4.69, 9.17) is 5.26 Å². The van der Waals surface area contributed by atoms with Gasteiger partial charge in [0.2, 0.25) is 0 Å². The SMILES string of the molecule is N#Cc1ccc(-c2cccc(-c3cccc(N4c5ccccc5N(c5ccccc5)c5ccccc54)c3)c2)nc1. The number of fused-ring (bicyclic) bond motifs is 2. The van der Waals surface area contributed by atoms with Gasteiger partial charge in [-0.25, -0.2) is 0 Å². The lowest BCUT2D eigenvalue weighted by atomic mass is 9.99. The zero-order chi connectivity index (χ0) is 26.9. The lowest BCUT2D eigenvalue weighted by molar-refractivity contribution is 1.17. The lowest BCUT2D eigenvalue weighted by Gasteiger charge is -2.40. The topological polar surface area (TPSA) is 43.2 Å². The maximum absolute atomic E-state index is 9.12. The van der Waals surface area contributed by atoms with E-state index < -0.39 is 0 Å². The number of rotatable bonds is 4. The third-order valence-electron chi connectivity index (χ3n) is 7.23. The molecule has 7 rings (SSSR count). The zero-order valence-electron chi connectivity index (χ0n) is 21.6. The standard InChI is InChI=1S/C36H24N4/c37-24-26-20-21-32(38-25-26)29-12-8-10-27(22-29)28-11-9-15-31(23-28)40-35-18-6-4-16-33(35)39(30-13-2-1-3-14-30)34-17-5-7-19-36(34)40/h1-23,25H. The van der Waals surface area contributed by atoms with Crippen molar-refractivity contribution >= 4 is 34.1 Å². The maximum atomic E-state index is 9.12. The molecule has 1 aliphatic rings. The highest BCUT2D eigenvalue weighted by Gasteiger charge is 2.29. The molecule has 4 heteroatoms. The Bertz CT molecular complexity index is 1820. The van der Waals surface area contributed by atoms with Gasteiger partial charge in [0.05, 0.1) is 34.0 Å². The summed E-state index contributed by atoms with van der Waals surface area (Å²) in [5.41, 5.74) is 11.4. The first-order valence-corrected chi connectivity index (χ1v) is 13.2. The summed E-state index contributed by atoms with van der Waals surface area (Å²) in [4.78, 5) is 9.17. The molecular weight excluding hydrogens is 488 g/mol. The van der Waals surface area contributed by atoms with Crippen molar-refractivity contribution in [1.29, 1.82) is 5.26 Å². The van der Waals surface area contributed by atoms with Crippen LogP contribution >= 0.6 is 0 Å². The van der Waals surface area contributed by atoms with Crippen LogP contribution < -0.4 is 9.80 Å². The van der Waals surface area contributed by atoms with E-state index in [9.17, 15) is 0 Å². The summed E-state index contributed by atoms with van der Waals surface area (Å²) < 4.78 is 0. The minimum Gasteiger partial charge on any atom is -0.306 e. The van der Waals surface area contributed by atoms with E-state index in [0.29, 0.717) is 5.56 Å². The summed E-state index contributed by atoms with van der Waals surface area (Å²) in [5, 5.41) is 9.12. The summed E-state index contributed by atoms with van der Waals surface area (Å²) in [6.07, 6.45) is 1.62. The molecule has 0 unspecified atom stereocenters. The molecule has 0 spiro atoms. The molecule has 4 nitrogen and oxygen atoms in total. The Morgan fingerprint density at radius 1 is 0.475 bits per heavy atom. The van der Waals surface area contributed by atoms with Gasteiger partial charge in [-0.1, -0.05) is 72.8 Å². The first kappa shape index (κ1) is 23.5. The zero-order valence-corrected chi connectivity index (χ0v) is 21.6. The van der Waals surface area contributed by atoms with Crippen LogP contribution in [0.4, 0.5) is 34.1 Å². The quantitative estimate of drug-likeness (QED) is 0.235. The fraction of sp³-hybridized carbons (Fsp3) is 0. The van der Waals surface area contributed by atoms with Crippen molar-refractivity contribution in [3.63, 3.8) is 0 Å². The minimum atomic E-state index is 0.556. The Morgan fingerprint density at radius 2 is 1.00 bits per heavy atom. The molecule has 0 N–H and O–H groups in total. The maximum Gasteiger partial charge on any atom is 0.101 e. The molecule has 6 aromatic rings. The van der Waals surface area contributed by atoms with E-state index in [2.05, 4.69) is 148 Å². The first-order valence-electron chi connectivity index (χ1n) is 13.2. The molecule has 1 aromatic heterocycles. The second-order valence-corrected chi connectivity index (χ2v) is 9.66. The first-order chi connectivity index (χ1) is 19.8. The third kappa shape index (κ3) is 4.07. The molecule has 5 aromatic carbocycles. The highest BCUT2D eigenvalue weighted by Crippen LogP contribution is 2.54. The largest absolute Gasteiger partial charge is 0.306 e. The van der Waals surface area contributed by atoms with Gasteiger partial charge in [0.15, 0.2) is 0 Å². The molecule has 0 amide bonds. The second-order valence-electron chi connectivity index (χ2n) is 9.66. The predicted octanol–water partition coefficient (Wildman–Crippen LogP) is 9.54. The molecule has 0 saturated carbocycles. The number of anilines is 6. The van der Waals surface area contributed by atoms with Crippen molar-refractivity contribution < 1.29 is 0 Å². The molecular formula is C36H24N4. The lowest BCUT2D eigenvalue weighted by Crippen LogP contribution is -2.23. The average Bonchev–Trinajstić information content (AvgIpc) is 3.04. The van der Waals surface area contributed by atoms with Gasteiger partial charge in [0.25, 0.3) is 0 Å². The van der Waals surface area contributed by atoms with Crippen LogP contribution in [0.1, 0.15) is 5.56 Å². The van der Waals surface area contributed by atoms with Crippen LogP contribution in [-0.4, -0.2) is 4.98 Å². The van der Waals surface area contributed by atoms with Crippen molar-refractivity contribution in [1.82, 2.24) is 4.98 Å². The van der Waals surface area contributed by atoms with Crippen molar-refractivity contribution in [2.24, 2.45) is 0 Å². The van der Waals surface area contributed by atoms with Crippen LogP contribution in [0.15, 0.2) is 146 Å². The molecule has 0 saturated heterocycles. The van der Waals surface area contributed by atoms with Crippen LogP contribution in [-0.2, 0) is 0 Å². The minimum absolute atomic E-state index is 0.556. The normalized spacial score (nSPS) is 11.9. The van der Waals surface area contributed by atoms with Crippen molar-refractivity contribution in [3.8, 4) is 28.5 Å². The van der Waals surface area contributed by atoms with Crippen LogP contribution in [0, 0.1) is 11.3 Å². The summed E-state index contributed by atoms with van der Waals surface area (Å²) >= 11 is 0. The second kappa shape index (κ2) is 9.90. The van der Waals surface area contributed by atoms with Gasteiger partial charge in [-0.15, -0.1) is 0 Å². The van der Waals surface area contributed by atoms with Gasteiger partial charge >= 0.3 is 0 Å². The van der Waals surface area contributed by atoms with E-state index in [0.717, 1.165) is 56.5 Å². The van der Waals surface area contributed by atoms with Gasteiger partial charge in [-0.3, -0.25) is 4.98 Å². The van der Waals surface area contributed by atoms with E-state index in [1.807, 2.05) is 6.07 Å². The average molecular weight is 513 g/mol. The Morgan fingerprint density at radius 3 is 1.60 bits per heavy atom. The van der Waals surface area contributed by atoms with Gasteiger partial charge in [0, 0.05) is 23.1 Å². The Hall–Kier alpha value is -5.66. The van der Waals surface area contributed by atoms with E-state index >= 15 is 0 Å². The Kier molecular flexibility index (Phi) is 5.81. The van der Waals surface area contributed by atoms with Crippen LogP contribution in [0.5, 0.6) is 0 Å². The number of para-hydroxylation sites is 5. The molecule has 0 radical (unpaired) electrons. The summed E-state index contributed by atoms with van der Waals surface area (Å²) in [6, 6.07) is 50.6. The molecule has 0 atom stereocenters. The van der Waals surface area contributed by atoms with Gasteiger partial charge in [0.1, 0.15) is 6.07 Å². The third-order valence-corrected chi connectivity index (χ3v) is 7.23. The highest BCUT2D eigenvalue weighted by atomic mass is 15.3. The van der Waals surface area contributed by atoms with Crippen LogP contribution in [0.2, 0.25) is 0 Å². The summed E-state index contributed by atoms with van der Waals surface area (Å²) in [7, 11) is 0. The Balaban J connectivity index is 1.33. The van der Waals surface area contributed by atoms with Crippen LogP contribution in [0.3, 0.4) is 0 Å². The fourth-order valence-electron chi connectivity index (χ4n) is 5.39. The summed E-state index contributed by atoms with van der Waals surface area (Å²) in [6.45, 7) is 0. The monoisotopic (exact) mass is 512 g/mol. The number of hydrogen-bond acceptors (Lipinski definition) is 4. The number of pyridine rings is 1. The number of hydrogen-bond donors (Lipinski definition) is 0. The smallest absolute Gasteiger partial charge is 0.101 e. The molecule has 0 fully saturated rings. The van der Waals surface area contributed by atoms with Gasteiger partial charge in [-0.05, 0) is 77.9 Å². The van der Waals surface area contributed by atoms with Crippen molar-refractivity contribution in [3.05, 3.63) is 151 Å². The number of nitrogens with zero attached hydrogens (tertiary/aromatic N) is 4. The number of nitriles is 1. The molecule has 40 heavy (non-hydrogen) atoms.